The van der Waals surface area contributed by atoms with Gasteiger partial charge in [0.25, 0.3) is 0 Å². The summed E-state index contributed by atoms with van der Waals surface area (Å²) in [7, 11) is 1.72. The van der Waals surface area contributed by atoms with Crippen LogP contribution in [0.15, 0.2) is 30.3 Å². The number of aliphatic hydroxyl groups is 1. The maximum Gasteiger partial charge on any atom is 0.317 e. The predicted molar refractivity (Wildman–Crippen MR) is 97.3 cm³/mol. The molecule has 0 spiro atoms. The maximum absolute atomic E-state index is 12.4. The molecule has 1 saturated heterocycles. The van der Waals surface area contributed by atoms with Gasteiger partial charge >= 0.3 is 6.03 Å². The zero-order valence-electron chi connectivity index (χ0n) is 15.1. The van der Waals surface area contributed by atoms with E-state index in [4.69, 9.17) is 4.74 Å². The minimum absolute atomic E-state index is 0.0383. The Morgan fingerprint density at radius 2 is 2.00 bits per heavy atom. The lowest BCUT2D eigenvalue weighted by Crippen LogP contribution is -2.46. The number of ether oxygens (including phenoxy) is 1. The molecule has 2 N–H and O–H groups in total. The van der Waals surface area contributed by atoms with Gasteiger partial charge in [-0.2, -0.15) is 0 Å². The fraction of sp³-hybridized carbons (Fsp3) is 0.650. The molecule has 2 fully saturated rings. The molecule has 3 rings (SSSR count). The van der Waals surface area contributed by atoms with E-state index in [1.807, 2.05) is 35.2 Å². The van der Waals surface area contributed by atoms with Crippen LogP contribution in [0.3, 0.4) is 0 Å². The van der Waals surface area contributed by atoms with E-state index >= 15 is 0 Å². The number of nitrogens with zero attached hydrogens (tertiary/aromatic N) is 1. The van der Waals surface area contributed by atoms with Gasteiger partial charge in [-0.3, -0.25) is 0 Å². The van der Waals surface area contributed by atoms with E-state index in [1.165, 1.54) is 12.8 Å². The lowest BCUT2D eigenvalue weighted by Gasteiger charge is -2.34. The Kier molecular flexibility index (Phi) is 5.97. The van der Waals surface area contributed by atoms with Gasteiger partial charge in [-0.15, -0.1) is 0 Å². The van der Waals surface area contributed by atoms with Crippen molar-refractivity contribution >= 4 is 6.03 Å². The van der Waals surface area contributed by atoms with Gasteiger partial charge in [0, 0.05) is 33.4 Å². The van der Waals surface area contributed by atoms with Gasteiger partial charge in [0.1, 0.15) is 0 Å². The highest BCUT2D eigenvalue weighted by Crippen LogP contribution is 2.48. The molecule has 1 aromatic carbocycles. The van der Waals surface area contributed by atoms with Crippen molar-refractivity contribution < 1.29 is 14.6 Å². The molecule has 1 heterocycles. The molecule has 2 aliphatic rings. The van der Waals surface area contributed by atoms with Crippen LogP contribution in [0, 0.1) is 11.3 Å². The van der Waals surface area contributed by atoms with Crippen molar-refractivity contribution in [3.05, 3.63) is 35.9 Å². The van der Waals surface area contributed by atoms with Crippen LogP contribution < -0.4 is 5.32 Å². The molecule has 0 aromatic heterocycles. The van der Waals surface area contributed by atoms with Crippen LogP contribution in [0.25, 0.3) is 0 Å². The van der Waals surface area contributed by atoms with Gasteiger partial charge in [-0.25, -0.2) is 4.79 Å². The summed E-state index contributed by atoms with van der Waals surface area (Å²) in [6.07, 6.45) is 4.64. The summed E-state index contributed by atoms with van der Waals surface area (Å²) < 4.78 is 5.16. The summed E-state index contributed by atoms with van der Waals surface area (Å²) >= 11 is 0. The standard InChI is InChI=1S/C20H30N2O3/c1-25-14-11-20(9-10-20)15-21-19(24)22-12-7-17(8-13-22)18(23)16-5-3-2-4-6-16/h2-6,17-18,23H,7-15H2,1H3,(H,21,24). The number of likely N-dealkylation sites (tertiary alicyclic amines) is 1. The second-order valence-corrected chi connectivity index (χ2v) is 7.58. The number of amides is 2. The topological polar surface area (TPSA) is 61.8 Å². The summed E-state index contributed by atoms with van der Waals surface area (Å²) in [4.78, 5) is 14.3. The third kappa shape index (κ3) is 4.73. The van der Waals surface area contributed by atoms with E-state index in [1.54, 1.807) is 7.11 Å². The molecule has 1 saturated carbocycles. The third-order valence-electron chi connectivity index (χ3n) is 5.82. The largest absolute Gasteiger partial charge is 0.388 e. The van der Waals surface area contributed by atoms with E-state index in [0.29, 0.717) is 13.1 Å². The zero-order chi connectivity index (χ0) is 17.7. The van der Waals surface area contributed by atoms with Crippen molar-refractivity contribution in [2.75, 3.05) is 33.4 Å². The molecular weight excluding hydrogens is 316 g/mol. The Labute approximate surface area is 150 Å². The summed E-state index contributed by atoms with van der Waals surface area (Å²) in [6.45, 7) is 2.94. The number of urea groups is 1. The fourth-order valence-corrected chi connectivity index (χ4v) is 3.73. The highest BCUT2D eigenvalue weighted by atomic mass is 16.5. The molecule has 1 aromatic rings. The van der Waals surface area contributed by atoms with Crippen LogP contribution in [0.2, 0.25) is 0 Å². The highest BCUT2D eigenvalue weighted by molar-refractivity contribution is 5.74. The number of methoxy groups -OCH3 is 1. The van der Waals surface area contributed by atoms with Gasteiger partial charge in [0.15, 0.2) is 0 Å². The molecule has 2 amide bonds. The average Bonchev–Trinajstić information content (AvgIpc) is 3.45. The number of hydrogen-bond donors (Lipinski definition) is 2. The first kappa shape index (κ1) is 18.2. The van der Waals surface area contributed by atoms with Crippen molar-refractivity contribution in [2.45, 2.75) is 38.2 Å². The Morgan fingerprint density at radius 1 is 1.32 bits per heavy atom. The number of hydrogen-bond acceptors (Lipinski definition) is 3. The molecule has 5 nitrogen and oxygen atoms in total. The van der Waals surface area contributed by atoms with Gasteiger partial charge < -0.3 is 20.1 Å². The Bertz CT molecular complexity index is 551. The summed E-state index contributed by atoms with van der Waals surface area (Å²) in [5.74, 6) is 0.225. The molecule has 1 atom stereocenters. The molecule has 1 aliphatic heterocycles. The number of aliphatic hydroxyl groups excluding tert-OH is 1. The second-order valence-electron chi connectivity index (χ2n) is 7.58. The van der Waals surface area contributed by atoms with Crippen molar-refractivity contribution in [3.8, 4) is 0 Å². The normalized spacial score (nSPS) is 21.0. The van der Waals surface area contributed by atoms with Gasteiger partial charge in [-0.1, -0.05) is 30.3 Å². The van der Waals surface area contributed by atoms with Gasteiger partial charge in [0.2, 0.25) is 0 Å². The minimum atomic E-state index is -0.435. The Hall–Kier alpha value is -1.59. The molecule has 138 valence electrons. The SMILES string of the molecule is COCCC1(CNC(=O)N2CCC(C(O)c3ccccc3)CC2)CC1. The fourth-order valence-electron chi connectivity index (χ4n) is 3.73. The minimum Gasteiger partial charge on any atom is -0.388 e. The van der Waals surface area contributed by atoms with Gasteiger partial charge in [0.05, 0.1) is 6.10 Å². The van der Waals surface area contributed by atoms with E-state index < -0.39 is 6.10 Å². The van der Waals surface area contributed by atoms with Gasteiger partial charge in [-0.05, 0) is 49.0 Å². The number of carbonyl (C=O) groups is 1. The van der Waals surface area contributed by atoms with Crippen LogP contribution in [-0.4, -0.2) is 49.4 Å². The van der Waals surface area contributed by atoms with Crippen LogP contribution in [0.1, 0.15) is 43.8 Å². The first-order valence-corrected chi connectivity index (χ1v) is 9.38. The Balaban J connectivity index is 1.42. The summed E-state index contributed by atoms with van der Waals surface area (Å²) in [6, 6.07) is 9.85. The number of piperidine rings is 1. The first-order valence-electron chi connectivity index (χ1n) is 9.38. The van der Waals surface area contributed by atoms with E-state index in [2.05, 4.69) is 5.32 Å². The predicted octanol–water partition coefficient (Wildman–Crippen LogP) is 2.96. The molecule has 1 aliphatic carbocycles. The number of nitrogens with one attached hydrogen (secondary N) is 1. The average molecular weight is 346 g/mol. The number of rotatable bonds is 7. The second kappa shape index (κ2) is 8.19. The summed E-state index contributed by atoms with van der Waals surface area (Å²) in [5.41, 5.74) is 1.24. The number of benzene rings is 1. The molecule has 0 radical (unpaired) electrons. The zero-order valence-corrected chi connectivity index (χ0v) is 15.1. The first-order chi connectivity index (χ1) is 12.1. The molecular formula is C20H30N2O3. The van der Waals surface area contributed by atoms with Crippen molar-refractivity contribution in [1.82, 2.24) is 10.2 Å². The van der Waals surface area contributed by atoms with Crippen molar-refractivity contribution in [1.29, 1.82) is 0 Å². The Morgan fingerprint density at radius 3 is 2.60 bits per heavy atom. The third-order valence-corrected chi connectivity index (χ3v) is 5.82. The van der Waals surface area contributed by atoms with Crippen molar-refractivity contribution in [2.24, 2.45) is 11.3 Å². The lowest BCUT2D eigenvalue weighted by atomic mass is 9.87. The van der Waals surface area contributed by atoms with Crippen LogP contribution in [0.4, 0.5) is 4.79 Å². The van der Waals surface area contributed by atoms with E-state index in [9.17, 15) is 9.90 Å². The summed E-state index contributed by atoms with van der Waals surface area (Å²) in [5, 5.41) is 13.6. The molecule has 0 bridgehead atoms. The van der Waals surface area contributed by atoms with Crippen LogP contribution in [0.5, 0.6) is 0 Å². The highest BCUT2D eigenvalue weighted by Gasteiger charge is 2.42. The van der Waals surface area contributed by atoms with E-state index in [-0.39, 0.29) is 17.4 Å². The van der Waals surface area contributed by atoms with Crippen LogP contribution in [-0.2, 0) is 4.74 Å². The maximum atomic E-state index is 12.4. The van der Waals surface area contributed by atoms with Crippen molar-refractivity contribution in [3.63, 3.8) is 0 Å². The molecule has 5 heteroatoms. The quantitative estimate of drug-likeness (QED) is 0.798. The molecule has 25 heavy (non-hydrogen) atoms. The number of carbonyl (C=O) groups excluding carboxylic acids is 1. The lowest BCUT2D eigenvalue weighted by molar-refractivity contribution is 0.0662. The van der Waals surface area contributed by atoms with E-state index in [0.717, 1.165) is 38.0 Å². The van der Waals surface area contributed by atoms with Crippen LogP contribution >= 0.6 is 0 Å². The monoisotopic (exact) mass is 346 g/mol. The smallest absolute Gasteiger partial charge is 0.317 e. The molecule has 1 unspecified atom stereocenters.